The van der Waals surface area contributed by atoms with Gasteiger partial charge in [0.05, 0.1) is 7.11 Å². The minimum Gasteiger partial charge on any atom is -0.691 e. The first kappa shape index (κ1) is 14.2. The molecule has 0 aliphatic heterocycles. The average Bonchev–Trinajstić information content (AvgIpc) is 1.99. The zero-order chi connectivity index (χ0) is 8.91. The van der Waals surface area contributed by atoms with Gasteiger partial charge in [0.1, 0.15) is 4.75 Å². The van der Waals surface area contributed by atoms with Gasteiger partial charge < -0.3 is 9.99 Å². The van der Waals surface area contributed by atoms with E-state index in [0.29, 0.717) is 12.0 Å². The lowest BCUT2D eigenvalue weighted by atomic mass is 10.2. The molecule has 0 N–H and O–H groups in total. The summed E-state index contributed by atoms with van der Waals surface area (Å²) in [4.78, 5) is 10.9. The third kappa shape index (κ3) is 4.55. The van der Waals surface area contributed by atoms with Crippen LogP contribution in [-0.2, 0) is 18.9 Å². The Morgan fingerprint density at radius 2 is 2.00 bits per heavy atom. The number of carbonyl (C=O) groups is 1. The van der Waals surface area contributed by atoms with Crippen LogP contribution in [0.5, 0.6) is 0 Å². The molecule has 0 aromatic carbocycles. The quantitative estimate of drug-likeness (QED) is 0.282. The first-order valence-corrected chi connectivity index (χ1v) is 3.51. The highest BCUT2D eigenvalue weighted by molar-refractivity contribution is 7.96. The lowest BCUT2D eigenvalue weighted by molar-refractivity contribution is -0.777. The molecule has 0 aromatic heterocycles. The maximum Gasteiger partial charge on any atom is 0.323 e. The second-order valence-electron chi connectivity index (χ2n) is 2.22. The maximum absolute atomic E-state index is 10.9. The minimum atomic E-state index is -0.931. The highest BCUT2D eigenvalue weighted by Crippen LogP contribution is 2.25. The van der Waals surface area contributed by atoms with Gasteiger partial charge in [0, 0.05) is 12.0 Å². The first-order chi connectivity index (χ1) is 5.04. The van der Waals surface area contributed by atoms with E-state index in [1.54, 1.807) is 13.8 Å². The van der Waals surface area contributed by atoms with Gasteiger partial charge in [-0.1, -0.05) is 7.43 Å². The van der Waals surface area contributed by atoms with Crippen LogP contribution in [0.1, 0.15) is 21.3 Å². The summed E-state index contributed by atoms with van der Waals surface area (Å²) in [6, 6.07) is 0. The Balaban J connectivity index is 0. The Labute approximate surface area is 76.1 Å². The molecule has 0 unspecified atom stereocenters. The summed E-state index contributed by atoms with van der Waals surface area (Å²) >= 11 is 0.602. The summed E-state index contributed by atoms with van der Waals surface area (Å²) in [5, 5.41) is 12.5. The van der Waals surface area contributed by atoms with Gasteiger partial charge in [-0.15, -0.1) is 0 Å². The molecule has 0 aliphatic rings. The second-order valence-corrected chi connectivity index (χ2v) is 3.54. The molecule has 0 fully saturated rings. The summed E-state index contributed by atoms with van der Waals surface area (Å²) in [6.45, 7) is 3.09. The Hall–Kier alpha value is -0.300. The molecule has 0 saturated heterocycles. The molecular formula is C6H13O5S-. The Morgan fingerprint density at radius 1 is 1.50 bits per heavy atom. The number of hydrogen-bond donors (Lipinski definition) is 0. The average molecular weight is 197 g/mol. The smallest absolute Gasteiger partial charge is 0.323 e. The van der Waals surface area contributed by atoms with E-state index in [1.807, 2.05) is 0 Å². The molecule has 0 aliphatic carbocycles. The lowest BCUT2D eigenvalue weighted by Gasteiger charge is -2.19. The van der Waals surface area contributed by atoms with E-state index in [-0.39, 0.29) is 7.43 Å². The Morgan fingerprint density at radius 3 is 2.33 bits per heavy atom. The van der Waals surface area contributed by atoms with Gasteiger partial charge in [-0.2, -0.15) is 4.33 Å². The molecule has 0 rings (SSSR count). The SMILES string of the molecule is C.COC(=O)C(C)(C)SOO[O-]. The normalized spacial score (nSPS) is 10.3. The summed E-state index contributed by atoms with van der Waals surface area (Å²) in [6.07, 6.45) is 0. The molecule has 0 atom stereocenters. The van der Waals surface area contributed by atoms with E-state index in [2.05, 4.69) is 14.1 Å². The van der Waals surface area contributed by atoms with E-state index < -0.39 is 10.7 Å². The molecule has 0 saturated carbocycles. The van der Waals surface area contributed by atoms with E-state index in [0.717, 1.165) is 0 Å². The standard InChI is InChI=1S/C5H10O5S.CH4/c1-5(2,4(6)8-3)11-10-9-7;/h7H,1-3H3;1H4/p-1. The monoisotopic (exact) mass is 197 g/mol. The van der Waals surface area contributed by atoms with Crippen LogP contribution in [0.15, 0.2) is 0 Å². The molecule has 0 heterocycles. The van der Waals surface area contributed by atoms with Gasteiger partial charge in [-0.05, 0) is 13.8 Å². The number of esters is 1. The van der Waals surface area contributed by atoms with Crippen molar-refractivity contribution in [3.63, 3.8) is 0 Å². The highest BCUT2D eigenvalue weighted by Gasteiger charge is 2.31. The van der Waals surface area contributed by atoms with E-state index >= 15 is 0 Å². The van der Waals surface area contributed by atoms with Gasteiger partial charge in [-0.3, -0.25) is 9.83 Å². The van der Waals surface area contributed by atoms with Crippen molar-refractivity contribution in [1.29, 1.82) is 0 Å². The van der Waals surface area contributed by atoms with E-state index in [4.69, 9.17) is 0 Å². The largest absolute Gasteiger partial charge is 0.691 e. The fourth-order valence-corrected chi connectivity index (χ4v) is 0.728. The fraction of sp³-hybridized carbons (Fsp3) is 0.833. The van der Waals surface area contributed by atoms with Crippen molar-refractivity contribution in [2.45, 2.75) is 26.0 Å². The van der Waals surface area contributed by atoms with Gasteiger partial charge >= 0.3 is 5.97 Å². The van der Waals surface area contributed by atoms with E-state index in [1.165, 1.54) is 7.11 Å². The van der Waals surface area contributed by atoms with Crippen molar-refractivity contribution in [1.82, 2.24) is 0 Å². The van der Waals surface area contributed by atoms with Crippen molar-refractivity contribution in [3.05, 3.63) is 0 Å². The molecule has 0 radical (unpaired) electrons. The van der Waals surface area contributed by atoms with Crippen molar-refractivity contribution < 1.29 is 24.2 Å². The van der Waals surface area contributed by atoms with Crippen molar-refractivity contribution >= 4 is 18.0 Å². The highest BCUT2D eigenvalue weighted by atomic mass is 32.2. The zero-order valence-corrected chi connectivity index (χ0v) is 7.27. The predicted molar refractivity (Wildman–Crippen MR) is 42.6 cm³/mol. The molecule has 6 heteroatoms. The molecule has 0 spiro atoms. The van der Waals surface area contributed by atoms with Gasteiger partial charge in [0.2, 0.25) is 0 Å². The number of ether oxygens (including phenoxy) is 1. The molecule has 74 valence electrons. The molecule has 0 amide bonds. The molecule has 5 nitrogen and oxygen atoms in total. The Kier molecular flexibility index (Phi) is 7.41. The van der Waals surface area contributed by atoms with Gasteiger partial charge in [-0.25, -0.2) is 0 Å². The van der Waals surface area contributed by atoms with Crippen LogP contribution >= 0.6 is 12.0 Å². The van der Waals surface area contributed by atoms with E-state index in [9.17, 15) is 10.1 Å². The van der Waals surface area contributed by atoms with Gasteiger partial charge in [0.15, 0.2) is 0 Å². The number of rotatable bonds is 4. The summed E-state index contributed by atoms with van der Waals surface area (Å²) in [7, 11) is 1.25. The summed E-state index contributed by atoms with van der Waals surface area (Å²) in [5.41, 5.74) is 0. The number of carbonyl (C=O) groups excluding carboxylic acids is 1. The van der Waals surface area contributed by atoms with Crippen molar-refractivity contribution in [3.8, 4) is 0 Å². The third-order valence-corrected chi connectivity index (χ3v) is 1.65. The third-order valence-electron chi connectivity index (χ3n) is 0.947. The Bertz CT molecular complexity index is 136. The molecule has 12 heavy (non-hydrogen) atoms. The lowest BCUT2D eigenvalue weighted by Crippen LogP contribution is -2.29. The second kappa shape index (κ2) is 6.24. The number of hydrogen-bond acceptors (Lipinski definition) is 6. The van der Waals surface area contributed by atoms with Gasteiger partial charge in [0.25, 0.3) is 0 Å². The summed E-state index contributed by atoms with van der Waals surface area (Å²) < 4.78 is 7.46. The van der Waals surface area contributed by atoms with Crippen molar-refractivity contribution in [2.24, 2.45) is 0 Å². The molecular weight excluding hydrogens is 184 g/mol. The number of methoxy groups -OCH3 is 1. The van der Waals surface area contributed by atoms with Crippen molar-refractivity contribution in [2.75, 3.05) is 7.11 Å². The zero-order valence-electron chi connectivity index (χ0n) is 6.45. The minimum absolute atomic E-state index is 0. The van der Waals surface area contributed by atoms with Crippen LogP contribution in [0.4, 0.5) is 0 Å². The first-order valence-electron chi connectivity index (χ1n) is 2.77. The van der Waals surface area contributed by atoms with Crippen LogP contribution in [-0.4, -0.2) is 17.8 Å². The maximum atomic E-state index is 10.9. The van der Waals surface area contributed by atoms with Crippen LogP contribution in [0.3, 0.4) is 0 Å². The van der Waals surface area contributed by atoms with Crippen LogP contribution in [0, 0.1) is 0 Å². The summed E-state index contributed by atoms with van der Waals surface area (Å²) in [5.74, 6) is -0.487. The predicted octanol–water partition coefficient (Wildman–Crippen LogP) is 0.446. The fourth-order valence-electron chi connectivity index (χ4n) is 0.379. The topological polar surface area (TPSA) is 67.8 Å². The van der Waals surface area contributed by atoms with Crippen LogP contribution in [0.25, 0.3) is 0 Å². The molecule has 0 aromatic rings. The molecule has 0 bridgehead atoms. The van der Waals surface area contributed by atoms with Crippen LogP contribution < -0.4 is 5.26 Å². The van der Waals surface area contributed by atoms with Crippen LogP contribution in [0.2, 0.25) is 0 Å².